The Balaban J connectivity index is 1.67. The van der Waals surface area contributed by atoms with E-state index in [1.54, 1.807) is 48.5 Å². The van der Waals surface area contributed by atoms with Gasteiger partial charge in [-0.1, -0.05) is 31.2 Å². The second-order valence-corrected chi connectivity index (χ2v) is 6.19. The zero-order valence-electron chi connectivity index (χ0n) is 15.4. The molecule has 138 valence electrons. The molecule has 5 heteroatoms. The van der Waals surface area contributed by atoms with Gasteiger partial charge in [0.2, 0.25) is 0 Å². The van der Waals surface area contributed by atoms with Crippen LogP contribution in [0.1, 0.15) is 38.8 Å². The molecule has 0 aliphatic rings. The van der Waals surface area contributed by atoms with Gasteiger partial charge in [0.15, 0.2) is 0 Å². The molecule has 3 aromatic carbocycles. The molecule has 0 bridgehead atoms. The average Bonchev–Trinajstić information content (AvgIpc) is 2.74. The molecule has 0 aromatic heterocycles. The lowest BCUT2D eigenvalue weighted by Gasteiger charge is -2.08. The summed E-state index contributed by atoms with van der Waals surface area (Å²) in [6.07, 6.45) is 0.941. The number of carbonyl (C=O) groups is 2. The minimum atomic E-state index is -0.343. The van der Waals surface area contributed by atoms with E-state index in [9.17, 15) is 9.59 Å². The largest absolute Gasteiger partial charge is 0.322 e. The summed E-state index contributed by atoms with van der Waals surface area (Å²) in [5, 5.41) is 14.7. The second kappa shape index (κ2) is 8.65. The van der Waals surface area contributed by atoms with Crippen LogP contribution in [0.2, 0.25) is 0 Å². The van der Waals surface area contributed by atoms with Crippen molar-refractivity contribution < 1.29 is 9.59 Å². The third-order valence-electron chi connectivity index (χ3n) is 4.33. The number of nitriles is 1. The Morgan fingerprint density at radius 1 is 0.821 bits per heavy atom. The van der Waals surface area contributed by atoms with Crippen molar-refractivity contribution in [3.63, 3.8) is 0 Å². The first-order valence-corrected chi connectivity index (χ1v) is 8.91. The quantitative estimate of drug-likeness (QED) is 0.688. The summed E-state index contributed by atoms with van der Waals surface area (Å²) in [5.41, 5.74) is 3.61. The third kappa shape index (κ3) is 4.43. The Morgan fingerprint density at radius 3 is 1.96 bits per heavy atom. The van der Waals surface area contributed by atoms with E-state index in [2.05, 4.69) is 17.6 Å². The Kier molecular flexibility index (Phi) is 5.83. The topological polar surface area (TPSA) is 82.0 Å². The van der Waals surface area contributed by atoms with E-state index < -0.39 is 0 Å². The highest BCUT2D eigenvalue weighted by Gasteiger charge is 2.11. The summed E-state index contributed by atoms with van der Waals surface area (Å²) in [6.45, 7) is 2.07. The number of aryl methyl sites for hydroxylation is 1. The van der Waals surface area contributed by atoms with Crippen LogP contribution < -0.4 is 10.6 Å². The number of nitrogens with one attached hydrogen (secondary N) is 2. The lowest BCUT2D eigenvalue weighted by molar-refractivity contribution is 0.101. The van der Waals surface area contributed by atoms with Gasteiger partial charge in [0.05, 0.1) is 11.3 Å². The Morgan fingerprint density at radius 2 is 1.39 bits per heavy atom. The Labute approximate surface area is 163 Å². The molecule has 0 aliphatic carbocycles. The van der Waals surface area contributed by atoms with Crippen molar-refractivity contribution in [1.29, 1.82) is 5.26 Å². The molecule has 28 heavy (non-hydrogen) atoms. The summed E-state index contributed by atoms with van der Waals surface area (Å²) < 4.78 is 0. The number of para-hydroxylation sites is 1. The van der Waals surface area contributed by atoms with E-state index in [4.69, 9.17) is 5.26 Å². The molecule has 2 amide bonds. The van der Waals surface area contributed by atoms with Crippen molar-refractivity contribution in [3.05, 3.63) is 95.1 Å². The van der Waals surface area contributed by atoms with Crippen molar-refractivity contribution in [1.82, 2.24) is 0 Å². The van der Waals surface area contributed by atoms with Gasteiger partial charge in [0.25, 0.3) is 11.8 Å². The molecule has 2 N–H and O–H groups in total. The van der Waals surface area contributed by atoms with Crippen LogP contribution in [0, 0.1) is 11.3 Å². The maximum Gasteiger partial charge on any atom is 0.255 e. The van der Waals surface area contributed by atoms with Gasteiger partial charge < -0.3 is 10.6 Å². The molecule has 0 atom stereocenters. The average molecular weight is 369 g/mol. The van der Waals surface area contributed by atoms with Crippen LogP contribution in [0.3, 0.4) is 0 Å². The number of hydrogen-bond donors (Lipinski definition) is 2. The lowest BCUT2D eigenvalue weighted by Crippen LogP contribution is -2.14. The molecule has 0 fully saturated rings. The number of anilines is 2. The van der Waals surface area contributed by atoms with Gasteiger partial charge in [-0.3, -0.25) is 9.59 Å². The molecule has 3 aromatic rings. The monoisotopic (exact) mass is 369 g/mol. The second-order valence-electron chi connectivity index (χ2n) is 6.19. The number of benzene rings is 3. The third-order valence-corrected chi connectivity index (χ3v) is 4.33. The smallest absolute Gasteiger partial charge is 0.255 e. The van der Waals surface area contributed by atoms with Crippen LogP contribution in [-0.4, -0.2) is 11.8 Å². The lowest BCUT2D eigenvalue weighted by atomic mass is 10.1. The fraction of sp³-hybridized carbons (Fsp3) is 0.0870. The minimum Gasteiger partial charge on any atom is -0.322 e. The summed E-state index contributed by atoms with van der Waals surface area (Å²) in [7, 11) is 0. The number of rotatable bonds is 5. The number of carbonyl (C=O) groups excluding carboxylic acids is 2. The number of nitrogens with zero attached hydrogens (tertiary/aromatic N) is 1. The summed E-state index contributed by atoms with van der Waals surface area (Å²) in [5.74, 6) is -0.587. The zero-order chi connectivity index (χ0) is 19.9. The molecule has 0 unspecified atom stereocenters. The molecule has 0 saturated carbocycles. The summed E-state index contributed by atoms with van der Waals surface area (Å²) >= 11 is 0. The van der Waals surface area contributed by atoms with Gasteiger partial charge in [-0.25, -0.2) is 0 Å². The minimum absolute atomic E-state index is 0.244. The summed E-state index contributed by atoms with van der Waals surface area (Å²) in [6, 6.07) is 22.9. The van der Waals surface area contributed by atoms with Crippen molar-refractivity contribution >= 4 is 23.2 Å². The van der Waals surface area contributed by atoms with Crippen molar-refractivity contribution in [2.24, 2.45) is 0 Å². The van der Waals surface area contributed by atoms with Gasteiger partial charge in [-0.15, -0.1) is 0 Å². The first kappa shape index (κ1) is 18.9. The summed E-state index contributed by atoms with van der Waals surface area (Å²) in [4.78, 5) is 24.8. The van der Waals surface area contributed by atoms with Crippen molar-refractivity contribution in [2.45, 2.75) is 13.3 Å². The van der Waals surface area contributed by atoms with Crippen molar-refractivity contribution in [2.75, 3.05) is 10.6 Å². The Hall–Kier alpha value is -3.91. The highest BCUT2D eigenvalue weighted by Crippen LogP contribution is 2.16. The Bertz CT molecular complexity index is 1030. The van der Waals surface area contributed by atoms with Crippen molar-refractivity contribution in [3.8, 4) is 6.07 Å². The van der Waals surface area contributed by atoms with E-state index in [1.165, 1.54) is 5.56 Å². The van der Waals surface area contributed by atoms with Gasteiger partial charge >= 0.3 is 0 Å². The fourth-order valence-electron chi connectivity index (χ4n) is 2.68. The molecule has 3 rings (SSSR count). The van der Waals surface area contributed by atoms with E-state index in [0.717, 1.165) is 12.1 Å². The number of amides is 2. The molecule has 5 nitrogen and oxygen atoms in total. The van der Waals surface area contributed by atoms with Crippen LogP contribution in [0.4, 0.5) is 11.4 Å². The maximum atomic E-state index is 12.4. The van der Waals surface area contributed by atoms with Crippen LogP contribution >= 0.6 is 0 Å². The van der Waals surface area contributed by atoms with E-state index >= 15 is 0 Å². The highest BCUT2D eigenvalue weighted by atomic mass is 16.2. The molecule has 0 spiro atoms. The molecule has 0 radical (unpaired) electrons. The molecule has 0 heterocycles. The maximum absolute atomic E-state index is 12.4. The standard InChI is InChI=1S/C23H19N3O2/c1-2-16-7-13-20(14-8-16)25-22(27)17-9-11-18(12-10-17)23(28)26-21-6-4-3-5-19(21)15-24/h3-14H,2H2,1H3,(H,25,27)(H,26,28). The molecule has 0 aliphatic heterocycles. The predicted molar refractivity (Wildman–Crippen MR) is 109 cm³/mol. The molecular formula is C23H19N3O2. The predicted octanol–water partition coefficient (Wildman–Crippen LogP) is 4.63. The van der Waals surface area contributed by atoms with Gasteiger partial charge in [-0.2, -0.15) is 5.26 Å². The molecule has 0 saturated heterocycles. The van der Waals surface area contributed by atoms with Crippen LogP contribution in [0.5, 0.6) is 0 Å². The van der Waals surface area contributed by atoms with E-state index in [1.807, 2.05) is 30.3 Å². The van der Waals surface area contributed by atoms with Gasteiger partial charge in [0, 0.05) is 16.8 Å². The molecular weight excluding hydrogens is 350 g/mol. The fourth-order valence-corrected chi connectivity index (χ4v) is 2.68. The van der Waals surface area contributed by atoms with Gasteiger partial charge in [-0.05, 0) is 60.5 Å². The normalized spacial score (nSPS) is 10.0. The first-order chi connectivity index (χ1) is 13.6. The van der Waals surface area contributed by atoms with Crippen LogP contribution in [0.25, 0.3) is 0 Å². The highest BCUT2D eigenvalue weighted by molar-refractivity contribution is 6.07. The SMILES string of the molecule is CCc1ccc(NC(=O)c2ccc(C(=O)Nc3ccccc3C#N)cc2)cc1. The van der Waals surface area contributed by atoms with Crippen LogP contribution in [0.15, 0.2) is 72.8 Å². The van der Waals surface area contributed by atoms with Crippen LogP contribution in [-0.2, 0) is 6.42 Å². The van der Waals surface area contributed by atoms with E-state index in [-0.39, 0.29) is 11.8 Å². The number of hydrogen-bond acceptors (Lipinski definition) is 3. The first-order valence-electron chi connectivity index (χ1n) is 8.91. The van der Waals surface area contributed by atoms with Gasteiger partial charge in [0.1, 0.15) is 6.07 Å². The zero-order valence-corrected chi connectivity index (χ0v) is 15.4. The van der Waals surface area contributed by atoms with E-state index in [0.29, 0.717) is 22.4 Å².